The lowest BCUT2D eigenvalue weighted by Crippen LogP contribution is -2.48. The Morgan fingerprint density at radius 2 is 1.79 bits per heavy atom. The summed E-state index contributed by atoms with van der Waals surface area (Å²) in [5.74, 6) is -0.752. The summed E-state index contributed by atoms with van der Waals surface area (Å²) in [6, 6.07) is 0.238. The lowest BCUT2D eigenvalue weighted by Gasteiger charge is -2.34. The third-order valence-corrected chi connectivity index (χ3v) is 4.24. The van der Waals surface area contributed by atoms with E-state index in [1.807, 2.05) is 0 Å². The Kier molecular flexibility index (Phi) is 4.38. The van der Waals surface area contributed by atoms with Crippen LogP contribution < -0.4 is 0 Å². The molecule has 0 bridgehead atoms. The summed E-state index contributed by atoms with van der Waals surface area (Å²) in [5, 5.41) is 0. The van der Waals surface area contributed by atoms with Crippen LogP contribution in [0.5, 0.6) is 0 Å². The molecule has 0 N–H and O–H groups in total. The van der Waals surface area contributed by atoms with Gasteiger partial charge >= 0.3 is 6.18 Å². The average molecular weight is 278 g/mol. The van der Waals surface area contributed by atoms with Crippen molar-refractivity contribution < 1.29 is 18.0 Å². The van der Waals surface area contributed by atoms with Crippen molar-refractivity contribution >= 4 is 5.91 Å². The van der Waals surface area contributed by atoms with Crippen molar-refractivity contribution in [2.45, 2.75) is 57.3 Å². The van der Waals surface area contributed by atoms with Gasteiger partial charge in [-0.25, -0.2) is 0 Å². The first kappa shape index (κ1) is 14.6. The topological polar surface area (TPSA) is 23.6 Å². The number of alkyl halides is 3. The maximum atomic E-state index is 12.3. The zero-order valence-electron chi connectivity index (χ0n) is 11.2. The predicted molar refractivity (Wildman–Crippen MR) is 65.7 cm³/mol. The van der Waals surface area contributed by atoms with Crippen molar-refractivity contribution in [2.75, 3.05) is 19.6 Å². The Labute approximate surface area is 111 Å². The van der Waals surface area contributed by atoms with Crippen molar-refractivity contribution in [3.63, 3.8) is 0 Å². The van der Waals surface area contributed by atoms with E-state index in [9.17, 15) is 18.0 Å². The monoisotopic (exact) mass is 278 g/mol. The highest BCUT2D eigenvalue weighted by Gasteiger charge is 2.42. The van der Waals surface area contributed by atoms with Gasteiger partial charge in [0.2, 0.25) is 5.91 Å². The van der Waals surface area contributed by atoms with E-state index in [2.05, 4.69) is 11.8 Å². The molecule has 1 amide bonds. The van der Waals surface area contributed by atoms with Gasteiger partial charge in [0.05, 0.1) is 0 Å². The fourth-order valence-electron chi connectivity index (χ4n) is 3.46. The number of hydrogen-bond donors (Lipinski definition) is 0. The zero-order valence-corrected chi connectivity index (χ0v) is 11.2. The van der Waals surface area contributed by atoms with Gasteiger partial charge in [0, 0.05) is 18.6 Å². The maximum absolute atomic E-state index is 12.3. The Hall–Kier alpha value is -0.780. The molecule has 0 saturated carbocycles. The van der Waals surface area contributed by atoms with Gasteiger partial charge in [0.1, 0.15) is 6.42 Å². The van der Waals surface area contributed by atoms with Crippen molar-refractivity contribution in [1.82, 2.24) is 9.80 Å². The molecule has 2 heterocycles. The van der Waals surface area contributed by atoms with Crippen LogP contribution in [0.3, 0.4) is 0 Å². The SMILES string of the molecule is CCN1CCC[C@H]1[C@H]1CCCN1C(=O)CC(F)(F)F. The fourth-order valence-corrected chi connectivity index (χ4v) is 3.46. The quantitative estimate of drug-likeness (QED) is 0.791. The van der Waals surface area contributed by atoms with E-state index in [1.165, 1.54) is 4.90 Å². The fraction of sp³-hybridized carbons (Fsp3) is 0.923. The average Bonchev–Trinajstić information content (AvgIpc) is 2.94. The second-order valence-electron chi connectivity index (χ2n) is 5.43. The van der Waals surface area contributed by atoms with Gasteiger partial charge in [-0.05, 0) is 38.8 Å². The van der Waals surface area contributed by atoms with E-state index in [0.29, 0.717) is 6.54 Å². The summed E-state index contributed by atoms with van der Waals surface area (Å²) in [5.41, 5.74) is 0. The molecule has 6 heteroatoms. The molecule has 0 spiro atoms. The molecule has 2 aliphatic heterocycles. The lowest BCUT2D eigenvalue weighted by atomic mass is 10.0. The van der Waals surface area contributed by atoms with E-state index in [0.717, 1.165) is 38.8 Å². The molecule has 19 heavy (non-hydrogen) atoms. The Morgan fingerprint density at radius 1 is 1.16 bits per heavy atom. The van der Waals surface area contributed by atoms with Gasteiger partial charge < -0.3 is 4.90 Å². The Morgan fingerprint density at radius 3 is 2.42 bits per heavy atom. The smallest absolute Gasteiger partial charge is 0.338 e. The number of likely N-dealkylation sites (N-methyl/N-ethyl adjacent to an activating group) is 1. The van der Waals surface area contributed by atoms with Crippen LogP contribution in [-0.4, -0.2) is 53.6 Å². The molecule has 0 aromatic rings. The van der Waals surface area contributed by atoms with Gasteiger partial charge in [-0.1, -0.05) is 6.92 Å². The minimum atomic E-state index is -4.40. The number of likely N-dealkylation sites (tertiary alicyclic amines) is 2. The predicted octanol–water partition coefficient (Wildman–Crippen LogP) is 2.41. The molecule has 110 valence electrons. The minimum absolute atomic E-state index is 0.0164. The Balaban J connectivity index is 2.02. The van der Waals surface area contributed by atoms with Gasteiger partial charge in [-0.2, -0.15) is 13.2 Å². The van der Waals surface area contributed by atoms with Crippen LogP contribution in [0.4, 0.5) is 13.2 Å². The van der Waals surface area contributed by atoms with E-state index < -0.39 is 18.5 Å². The third-order valence-electron chi connectivity index (χ3n) is 4.24. The molecular formula is C13H21F3N2O. The number of carbonyl (C=O) groups excluding carboxylic acids is 1. The highest BCUT2D eigenvalue weighted by atomic mass is 19.4. The molecular weight excluding hydrogens is 257 g/mol. The molecule has 2 atom stereocenters. The first-order valence-electron chi connectivity index (χ1n) is 7.02. The van der Waals surface area contributed by atoms with E-state index in [4.69, 9.17) is 0 Å². The van der Waals surface area contributed by atoms with Crippen molar-refractivity contribution in [3.05, 3.63) is 0 Å². The van der Waals surface area contributed by atoms with E-state index in [1.54, 1.807) is 0 Å². The summed E-state index contributed by atoms with van der Waals surface area (Å²) in [4.78, 5) is 15.6. The lowest BCUT2D eigenvalue weighted by molar-refractivity contribution is -0.162. The molecule has 2 fully saturated rings. The summed E-state index contributed by atoms with van der Waals surface area (Å²) >= 11 is 0. The third kappa shape index (κ3) is 3.41. The summed E-state index contributed by atoms with van der Waals surface area (Å²) < 4.78 is 37.0. The van der Waals surface area contributed by atoms with Gasteiger partial charge in [-0.3, -0.25) is 9.69 Å². The second kappa shape index (κ2) is 5.69. The van der Waals surface area contributed by atoms with Crippen molar-refractivity contribution in [3.8, 4) is 0 Å². The summed E-state index contributed by atoms with van der Waals surface area (Å²) in [6.07, 6.45) is -1.98. The number of hydrogen-bond acceptors (Lipinski definition) is 2. The zero-order chi connectivity index (χ0) is 14.0. The summed E-state index contributed by atoms with van der Waals surface area (Å²) in [7, 11) is 0. The van der Waals surface area contributed by atoms with Crippen LogP contribution in [0.15, 0.2) is 0 Å². The van der Waals surface area contributed by atoms with Crippen LogP contribution in [0.1, 0.15) is 39.0 Å². The van der Waals surface area contributed by atoms with Gasteiger partial charge in [0.25, 0.3) is 0 Å². The van der Waals surface area contributed by atoms with Crippen molar-refractivity contribution in [1.29, 1.82) is 0 Å². The molecule has 2 rings (SSSR count). The molecule has 0 unspecified atom stereocenters. The number of amides is 1. The molecule has 3 nitrogen and oxygen atoms in total. The van der Waals surface area contributed by atoms with Crippen LogP contribution in [0.25, 0.3) is 0 Å². The van der Waals surface area contributed by atoms with Crippen LogP contribution >= 0.6 is 0 Å². The van der Waals surface area contributed by atoms with Crippen LogP contribution in [0.2, 0.25) is 0 Å². The molecule has 0 radical (unpaired) electrons. The maximum Gasteiger partial charge on any atom is 0.397 e. The molecule has 0 aliphatic carbocycles. The number of nitrogens with zero attached hydrogens (tertiary/aromatic N) is 2. The molecule has 2 saturated heterocycles. The first-order chi connectivity index (χ1) is 8.92. The normalized spacial score (nSPS) is 29.2. The Bertz CT molecular complexity index is 332. The number of carbonyl (C=O) groups is 1. The standard InChI is InChI=1S/C13H21F3N2O/c1-2-17-7-3-5-10(17)11-6-4-8-18(11)12(19)9-13(14,15)16/h10-11H,2-9H2,1H3/t10-,11+/m0/s1. The van der Waals surface area contributed by atoms with Gasteiger partial charge in [0.15, 0.2) is 0 Å². The number of rotatable bonds is 3. The van der Waals surface area contributed by atoms with Crippen LogP contribution in [0, 0.1) is 0 Å². The highest BCUT2D eigenvalue weighted by Crippen LogP contribution is 2.31. The highest BCUT2D eigenvalue weighted by molar-refractivity contribution is 5.77. The molecule has 0 aromatic heterocycles. The largest absolute Gasteiger partial charge is 0.397 e. The minimum Gasteiger partial charge on any atom is -0.338 e. The molecule has 2 aliphatic rings. The van der Waals surface area contributed by atoms with E-state index >= 15 is 0 Å². The first-order valence-corrected chi connectivity index (χ1v) is 7.02. The van der Waals surface area contributed by atoms with Gasteiger partial charge in [-0.15, -0.1) is 0 Å². The second-order valence-corrected chi connectivity index (χ2v) is 5.43. The van der Waals surface area contributed by atoms with Crippen LogP contribution in [-0.2, 0) is 4.79 Å². The molecule has 0 aromatic carbocycles. The number of halogens is 3. The summed E-state index contributed by atoms with van der Waals surface area (Å²) in [6.45, 7) is 4.45. The van der Waals surface area contributed by atoms with E-state index in [-0.39, 0.29) is 12.1 Å². The van der Waals surface area contributed by atoms with Crippen molar-refractivity contribution in [2.24, 2.45) is 0 Å².